The van der Waals surface area contributed by atoms with Gasteiger partial charge >= 0.3 is 0 Å². The Morgan fingerprint density at radius 3 is 2.26 bits per heavy atom. The number of halogens is 1. The number of aliphatic imine (C=N–C) groups is 1. The van der Waals surface area contributed by atoms with Crippen molar-refractivity contribution in [3.63, 3.8) is 0 Å². The van der Waals surface area contributed by atoms with Crippen molar-refractivity contribution in [2.24, 2.45) is 4.99 Å². The largest absolute Gasteiger partial charge is 0.492 e. The molecule has 2 rings (SSSR count). The molecule has 2 aromatic rings. The molecule has 4 heteroatoms. The van der Waals surface area contributed by atoms with E-state index in [1.807, 2.05) is 42.6 Å². The summed E-state index contributed by atoms with van der Waals surface area (Å²) in [4.78, 5) is 6.83. The first-order valence-corrected chi connectivity index (χ1v) is 9.04. The zero-order chi connectivity index (χ0) is 16.5. The van der Waals surface area contributed by atoms with Crippen LogP contribution >= 0.6 is 22.6 Å². The Balaban J connectivity index is 1.85. The molecule has 3 nitrogen and oxygen atoms in total. The normalized spacial score (nSPS) is 11.3. The number of likely N-dealkylation sites (N-methyl/N-ethyl adjacent to an activating group) is 1. The van der Waals surface area contributed by atoms with Gasteiger partial charge in [0.15, 0.2) is 0 Å². The van der Waals surface area contributed by atoms with Crippen molar-refractivity contribution in [1.82, 2.24) is 4.90 Å². The molecule has 0 fully saturated rings. The molecule has 0 aliphatic heterocycles. The molecule has 122 valence electrons. The molecule has 0 unspecified atom stereocenters. The lowest BCUT2D eigenvalue weighted by molar-refractivity contribution is 0.223. The second-order valence-electron chi connectivity index (χ2n) is 5.18. The number of hydrogen-bond acceptors (Lipinski definition) is 3. The van der Waals surface area contributed by atoms with E-state index in [9.17, 15) is 0 Å². The first-order chi connectivity index (χ1) is 11.2. The zero-order valence-electron chi connectivity index (χ0n) is 13.7. The second kappa shape index (κ2) is 9.67. The predicted octanol–water partition coefficient (Wildman–Crippen LogP) is 4.76. The van der Waals surface area contributed by atoms with E-state index < -0.39 is 0 Å². The molecule has 0 saturated heterocycles. The van der Waals surface area contributed by atoms with Gasteiger partial charge in [-0.05, 0) is 89.8 Å². The SMILES string of the molecule is CCN(CC)CCOc1ccc(C=Nc2ccc(I)cc2)cc1. The van der Waals surface area contributed by atoms with E-state index in [2.05, 4.69) is 58.5 Å². The maximum Gasteiger partial charge on any atom is 0.119 e. The van der Waals surface area contributed by atoms with Crippen molar-refractivity contribution >= 4 is 34.5 Å². The molecule has 0 aliphatic carbocycles. The van der Waals surface area contributed by atoms with E-state index in [1.165, 1.54) is 3.57 Å². The summed E-state index contributed by atoms with van der Waals surface area (Å²) < 4.78 is 7.00. The van der Waals surface area contributed by atoms with Gasteiger partial charge in [-0.1, -0.05) is 13.8 Å². The third-order valence-corrected chi connectivity index (χ3v) is 4.36. The Hall–Kier alpha value is -1.40. The van der Waals surface area contributed by atoms with Crippen LogP contribution in [0.2, 0.25) is 0 Å². The molecule has 2 aromatic carbocycles. The van der Waals surface area contributed by atoms with Gasteiger partial charge in [-0.25, -0.2) is 0 Å². The van der Waals surface area contributed by atoms with Gasteiger partial charge in [-0.15, -0.1) is 0 Å². The molecule has 0 N–H and O–H groups in total. The van der Waals surface area contributed by atoms with Crippen LogP contribution in [0.15, 0.2) is 53.5 Å². The maximum absolute atomic E-state index is 5.78. The lowest BCUT2D eigenvalue weighted by atomic mass is 10.2. The molecule has 0 spiro atoms. The Kier molecular flexibility index (Phi) is 7.55. The second-order valence-corrected chi connectivity index (χ2v) is 6.42. The van der Waals surface area contributed by atoms with E-state index in [4.69, 9.17) is 4.74 Å². The third kappa shape index (κ3) is 6.31. The summed E-state index contributed by atoms with van der Waals surface area (Å²) in [5.41, 5.74) is 2.03. The van der Waals surface area contributed by atoms with Crippen LogP contribution in [0, 0.1) is 3.57 Å². The van der Waals surface area contributed by atoms with E-state index in [0.717, 1.165) is 43.2 Å². The standard InChI is InChI=1S/C19H23IN2O/c1-3-22(4-2)13-14-23-19-11-5-16(6-12-19)15-21-18-9-7-17(20)8-10-18/h5-12,15H,3-4,13-14H2,1-2H3. The van der Waals surface area contributed by atoms with Crippen LogP contribution in [0.5, 0.6) is 5.75 Å². The van der Waals surface area contributed by atoms with Crippen LogP contribution in [0.25, 0.3) is 0 Å². The highest BCUT2D eigenvalue weighted by Crippen LogP contribution is 2.15. The number of hydrogen-bond donors (Lipinski definition) is 0. The lowest BCUT2D eigenvalue weighted by Gasteiger charge is -2.17. The first-order valence-electron chi connectivity index (χ1n) is 7.96. The summed E-state index contributed by atoms with van der Waals surface area (Å²) in [6.45, 7) is 8.15. The van der Waals surface area contributed by atoms with Gasteiger partial charge in [-0.2, -0.15) is 0 Å². The van der Waals surface area contributed by atoms with Gasteiger partial charge in [0.2, 0.25) is 0 Å². The van der Waals surface area contributed by atoms with Crippen molar-refractivity contribution in [3.8, 4) is 5.75 Å². The Morgan fingerprint density at radius 2 is 1.65 bits per heavy atom. The molecule has 0 aromatic heterocycles. The molecule has 0 aliphatic rings. The fourth-order valence-electron chi connectivity index (χ4n) is 2.16. The number of benzene rings is 2. The van der Waals surface area contributed by atoms with Crippen molar-refractivity contribution in [1.29, 1.82) is 0 Å². The highest BCUT2D eigenvalue weighted by atomic mass is 127. The molecule has 0 amide bonds. The van der Waals surface area contributed by atoms with Crippen molar-refractivity contribution < 1.29 is 4.74 Å². The summed E-state index contributed by atoms with van der Waals surface area (Å²) in [6.07, 6.45) is 1.88. The minimum Gasteiger partial charge on any atom is -0.492 e. The van der Waals surface area contributed by atoms with E-state index >= 15 is 0 Å². The van der Waals surface area contributed by atoms with Crippen LogP contribution in [0.4, 0.5) is 5.69 Å². The Labute approximate surface area is 152 Å². The topological polar surface area (TPSA) is 24.8 Å². The number of ether oxygens (including phenoxy) is 1. The fourth-order valence-corrected chi connectivity index (χ4v) is 2.52. The number of rotatable bonds is 8. The smallest absolute Gasteiger partial charge is 0.119 e. The average Bonchev–Trinajstić information content (AvgIpc) is 2.59. The Bertz CT molecular complexity index is 604. The van der Waals surface area contributed by atoms with Gasteiger partial charge in [0.25, 0.3) is 0 Å². The first kappa shape index (κ1) is 17.9. The van der Waals surface area contributed by atoms with Crippen LogP contribution in [-0.4, -0.2) is 37.4 Å². The summed E-state index contributed by atoms with van der Waals surface area (Å²) in [7, 11) is 0. The van der Waals surface area contributed by atoms with E-state index in [0.29, 0.717) is 0 Å². The summed E-state index contributed by atoms with van der Waals surface area (Å²) in [6, 6.07) is 16.2. The van der Waals surface area contributed by atoms with Crippen molar-refractivity contribution in [2.75, 3.05) is 26.2 Å². The highest BCUT2D eigenvalue weighted by Gasteiger charge is 1.99. The van der Waals surface area contributed by atoms with Gasteiger partial charge < -0.3 is 9.64 Å². The number of nitrogens with zero attached hydrogens (tertiary/aromatic N) is 2. The molecule has 23 heavy (non-hydrogen) atoms. The molecule has 0 atom stereocenters. The maximum atomic E-state index is 5.78. The van der Waals surface area contributed by atoms with Gasteiger partial charge in [-0.3, -0.25) is 4.99 Å². The van der Waals surface area contributed by atoms with Crippen molar-refractivity contribution in [3.05, 3.63) is 57.7 Å². The lowest BCUT2D eigenvalue weighted by Crippen LogP contribution is -2.27. The van der Waals surface area contributed by atoms with Gasteiger partial charge in [0, 0.05) is 16.3 Å². The minimum absolute atomic E-state index is 0.720. The van der Waals surface area contributed by atoms with Crippen LogP contribution < -0.4 is 4.74 Å². The summed E-state index contributed by atoms with van der Waals surface area (Å²) in [5, 5.41) is 0. The van der Waals surface area contributed by atoms with Crippen molar-refractivity contribution in [2.45, 2.75) is 13.8 Å². The summed E-state index contributed by atoms with van der Waals surface area (Å²) in [5.74, 6) is 0.906. The highest BCUT2D eigenvalue weighted by molar-refractivity contribution is 14.1. The molecular formula is C19H23IN2O. The van der Waals surface area contributed by atoms with Crippen LogP contribution in [0.1, 0.15) is 19.4 Å². The minimum atomic E-state index is 0.720. The Morgan fingerprint density at radius 1 is 1.00 bits per heavy atom. The molecule has 0 saturated carbocycles. The molecule has 0 bridgehead atoms. The van der Waals surface area contributed by atoms with E-state index in [-0.39, 0.29) is 0 Å². The molecule has 0 radical (unpaired) electrons. The fraction of sp³-hybridized carbons (Fsp3) is 0.316. The molecular weight excluding hydrogens is 399 g/mol. The zero-order valence-corrected chi connectivity index (χ0v) is 15.9. The van der Waals surface area contributed by atoms with Gasteiger partial charge in [0.1, 0.15) is 12.4 Å². The predicted molar refractivity (Wildman–Crippen MR) is 106 cm³/mol. The third-order valence-electron chi connectivity index (χ3n) is 3.64. The molecule has 0 heterocycles. The van der Waals surface area contributed by atoms with Gasteiger partial charge in [0.05, 0.1) is 5.69 Å². The quantitative estimate of drug-likeness (QED) is 0.453. The van der Waals surface area contributed by atoms with Crippen LogP contribution in [-0.2, 0) is 0 Å². The van der Waals surface area contributed by atoms with Crippen LogP contribution in [0.3, 0.4) is 0 Å². The summed E-state index contributed by atoms with van der Waals surface area (Å²) >= 11 is 2.29. The van der Waals surface area contributed by atoms with E-state index in [1.54, 1.807) is 0 Å². The monoisotopic (exact) mass is 422 g/mol. The average molecular weight is 422 g/mol.